The van der Waals surface area contributed by atoms with Gasteiger partial charge in [-0.25, -0.2) is 0 Å². The molecule has 0 unspecified atom stereocenters. The third kappa shape index (κ3) is 1.69. The molecule has 2 nitrogen and oxygen atoms in total. The molecule has 0 heterocycles. The molecule has 0 bridgehead atoms. The van der Waals surface area contributed by atoms with E-state index < -0.39 is 0 Å². The van der Waals surface area contributed by atoms with Crippen LogP contribution in [0.1, 0.15) is 58.3 Å². The van der Waals surface area contributed by atoms with Gasteiger partial charge in [0.25, 0.3) is 0 Å². The van der Waals surface area contributed by atoms with E-state index >= 15 is 0 Å². The lowest BCUT2D eigenvalue weighted by Crippen LogP contribution is -2.45. The first-order valence-corrected chi connectivity index (χ1v) is 8.36. The summed E-state index contributed by atoms with van der Waals surface area (Å²) in [6.07, 6.45) is 11.3. The van der Waals surface area contributed by atoms with Crippen molar-refractivity contribution in [3.05, 3.63) is 11.6 Å². The van der Waals surface area contributed by atoms with Crippen LogP contribution in [0.15, 0.2) is 11.6 Å². The van der Waals surface area contributed by atoms with Crippen LogP contribution in [-0.4, -0.2) is 11.6 Å². The highest BCUT2D eigenvalue weighted by molar-refractivity contribution is 6.42. The van der Waals surface area contributed by atoms with Crippen LogP contribution in [0.3, 0.4) is 0 Å². The van der Waals surface area contributed by atoms with Gasteiger partial charge in [0.2, 0.25) is 11.6 Å². The molecule has 2 heteroatoms. The minimum absolute atomic E-state index is 0.140. The van der Waals surface area contributed by atoms with E-state index in [-0.39, 0.29) is 11.6 Å². The van der Waals surface area contributed by atoms with Crippen molar-refractivity contribution in [2.45, 2.75) is 58.3 Å². The Balaban J connectivity index is 1.65. The van der Waals surface area contributed by atoms with E-state index in [1.54, 1.807) is 6.08 Å². The number of carbonyl (C=O) groups is 2. The van der Waals surface area contributed by atoms with Gasteiger partial charge in [-0.15, -0.1) is 0 Å². The quantitative estimate of drug-likeness (QED) is 0.630. The maximum atomic E-state index is 11.8. The van der Waals surface area contributed by atoms with E-state index in [2.05, 4.69) is 6.92 Å². The zero-order valence-electron chi connectivity index (χ0n) is 12.4. The lowest BCUT2D eigenvalue weighted by atomic mass is 9.52. The second-order valence-corrected chi connectivity index (χ2v) is 7.88. The average molecular weight is 272 g/mol. The minimum Gasteiger partial charge on any atom is -0.290 e. The maximum absolute atomic E-state index is 11.8. The van der Waals surface area contributed by atoms with Crippen LogP contribution in [-0.2, 0) is 9.59 Å². The molecule has 4 aliphatic carbocycles. The summed E-state index contributed by atoms with van der Waals surface area (Å²) in [4.78, 5) is 23.4. The molecular formula is C18H24O2. The highest BCUT2D eigenvalue weighted by atomic mass is 16.2. The fraction of sp³-hybridized carbons (Fsp3) is 0.778. The first-order valence-electron chi connectivity index (χ1n) is 8.36. The molecule has 0 radical (unpaired) electrons. The number of Topliss-reactive ketones (excluding diaryl/α,β-unsaturated/α-hetero) is 1. The molecule has 4 aliphatic rings. The second-order valence-electron chi connectivity index (χ2n) is 7.88. The van der Waals surface area contributed by atoms with Crippen LogP contribution in [0.4, 0.5) is 0 Å². The van der Waals surface area contributed by atoms with E-state index in [0.29, 0.717) is 23.7 Å². The number of carbonyl (C=O) groups excluding carboxylic acids is 2. The lowest BCUT2D eigenvalue weighted by Gasteiger charge is -2.52. The van der Waals surface area contributed by atoms with E-state index in [9.17, 15) is 9.59 Å². The number of hydrogen-bond donors (Lipinski definition) is 0. The molecule has 5 atom stereocenters. The van der Waals surface area contributed by atoms with Crippen molar-refractivity contribution in [2.75, 3.05) is 0 Å². The van der Waals surface area contributed by atoms with Crippen LogP contribution >= 0.6 is 0 Å². The molecule has 0 aromatic carbocycles. The molecule has 0 aromatic rings. The lowest BCUT2D eigenvalue weighted by molar-refractivity contribution is -0.136. The third-order valence-electron chi connectivity index (χ3n) is 7.03. The molecule has 3 saturated carbocycles. The fourth-order valence-corrected chi connectivity index (χ4v) is 6.03. The molecule has 4 rings (SSSR count). The van der Waals surface area contributed by atoms with Crippen LogP contribution in [0.2, 0.25) is 0 Å². The normalized spacial score (nSPS) is 47.4. The predicted molar refractivity (Wildman–Crippen MR) is 77.1 cm³/mol. The SMILES string of the molecule is C[C@@]12CCC[C@H]1[C@@H]1CCC3=CC(=O)C(=O)C[C@@H]3[C@H]1CC2. The summed E-state index contributed by atoms with van der Waals surface area (Å²) in [6.45, 7) is 2.50. The van der Waals surface area contributed by atoms with Gasteiger partial charge in [0, 0.05) is 6.42 Å². The van der Waals surface area contributed by atoms with Gasteiger partial charge in [0.15, 0.2) is 0 Å². The molecule has 0 aromatic heterocycles. The number of ketones is 2. The summed E-state index contributed by atoms with van der Waals surface area (Å²) in [5.74, 6) is 2.41. The number of allylic oxidation sites excluding steroid dienone is 1. The van der Waals surface area contributed by atoms with Gasteiger partial charge >= 0.3 is 0 Å². The second kappa shape index (κ2) is 4.29. The summed E-state index contributed by atoms with van der Waals surface area (Å²) >= 11 is 0. The Bertz CT molecular complexity index is 504. The summed E-state index contributed by atoms with van der Waals surface area (Å²) < 4.78 is 0. The largest absolute Gasteiger partial charge is 0.290 e. The Labute approximate surface area is 121 Å². The van der Waals surface area contributed by atoms with Crippen molar-refractivity contribution in [1.29, 1.82) is 0 Å². The predicted octanol–water partition coefficient (Wildman–Crippen LogP) is 3.70. The molecule has 0 N–H and O–H groups in total. The standard InChI is InChI=1S/C18H24O2/c1-18-7-2-3-15(18)13-5-4-11-9-16(19)17(20)10-14(11)12(13)6-8-18/h9,12-15H,2-8,10H2,1H3/t12-,13+,14-,15-,18-/m0/s1. The summed E-state index contributed by atoms with van der Waals surface area (Å²) in [5.41, 5.74) is 1.88. The van der Waals surface area contributed by atoms with Gasteiger partial charge in [0.05, 0.1) is 0 Å². The minimum atomic E-state index is -0.240. The maximum Gasteiger partial charge on any atom is 0.221 e. The van der Waals surface area contributed by atoms with Gasteiger partial charge in [-0.1, -0.05) is 18.9 Å². The Hall–Kier alpha value is -0.920. The van der Waals surface area contributed by atoms with Gasteiger partial charge in [0.1, 0.15) is 0 Å². The zero-order chi connectivity index (χ0) is 13.9. The van der Waals surface area contributed by atoms with Crippen LogP contribution in [0.25, 0.3) is 0 Å². The number of rotatable bonds is 0. The average Bonchev–Trinajstić information content (AvgIpc) is 2.82. The Morgan fingerprint density at radius 1 is 1.10 bits per heavy atom. The highest BCUT2D eigenvalue weighted by Gasteiger charge is 2.52. The van der Waals surface area contributed by atoms with E-state index in [0.717, 1.165) is 18.3 Å². The highest BCUT2D eigenvalue weighted by Crippen LogP contribution is 2.61. The Morgan fingerprint density at radius 2 is 1.95 bits per heavy atom. The fourth-order valence-electron chi connectivity index (χ4n) is 6.03. The van der Waals surface area contributed by atoms with E-state index in [1.807, 2.05) is 0 Å². The third-order valence-corrected chi connectivity index (χ3v) is 7.03. The zero-order valence-corrected chi connectivity index (χ0v) is 12.4. The van der Waals surface area contributed by atoms with Crippen LogP contribution < -0.4 is 0 Å². The van der Waals surface area contributed by atoms with E-state index in [1.165, 1.54) is 44.1 Å². The molecule has 0 aliphatic heterocycles. The Morgan fingerprint density at radius 3 is 2.80 bits per heavy atom. The van der Waals surface area contributed by atoms with Crippen LogP contribution in [0.5, 0.6) is 0 Å². The van der Waals surface area contributed by atoms with Gasteiger partial charge < -0.3 is 0 Å². The van der Waals surface area contributed by atoms with Crippen molar-refractivity contribution in [3.8, 4) is 0 Å². The monoisotopic (exact) mass is 272 g/mol. The van der Waals surface area contributed by atoms with Gasteiger partial charge in [-0.2, -0.15) is 0 Å². The number of hydrogen-bond acceptors (Lipinski definition) is 2. The Kier molecular flexibility index (Phi) is 2.74. The molecule has 0 amide bonds. The smallest absolute Gasteiger partial charge is 0.221 e. The molecule has 0 spiro atoms. The van der Waals surface area contributed by atoms with Crippen molar-refractivity contribution in [1.82, 2.24) is 0 Å². The van der Waals surface area contributed by atoms with E-state index in [4.69, 9.17) is 0 Å². The van der Waals surface area contributed by atoms with Crippen molar-refractivity contribution in [2.24, 2.45) is 29.1 Å². The van der Waals surface area contributed by atoms with Crippen LogP contribution in [0, 0.1) is 29.1 Å². The van der Waals surface area contributed by atoms with Gasteiger partial charge in [-0.05, 0) is 73.7 Å². The first-order chi connectivity index (χ1) is 9.58. The molecule has 20 heavy (non-hydrogen) atoms. The van der Waals surface area contributed by atoms with Crippen molar-refractivity contribution < 1.29 is 9.59 Å². The summed E-state index contributed by atoms with van der Waals surface area (Å²) in [7, 11) is 0. The molecule has 108 valence electrons. The molecule has 3 fully saturated rings. The summed E-state index contributed by atoms with van der Waals surface area (Å²) in [6, 6.07) is 0. The molecule has 0 saturated heterocycles. The first kappa shape index (κ1) is 12.8. The van der Waals surface area contributed by atoms with Gasteiger partial charge in [-0.3, -0.25) is 9.59 Å². The van der Waals surface area contributed by atoms with Crippen molar-refractivity contribution >= 4 is 11.6 Å². The number of fused-ring (bicyclic) bond motifs is 5. The van der Waals surface area contributed by atoms with Crippen molar-refractivity contribution in [3.63, 3.8) is 0 Å². The summed E-state index contributed by atoms with van der Waals surface area (Å²) in [5, 5.41) is 0. The molecular weight excluding hydrogens is 248 g/mol. The topological polar surface area (TPSA) is 34.1 Å².